The second-order valence-corrected chi connectivity index (χ2v) is 9.14. The number of fused-ring (bicyclic) bond motifs is 1. The van der Waals surface area contributed by atoms with Gasteiger partial charge in [-0.1, -0.05) is 42.1 Å². The van der Waals surface area contributed by atoms with Crippen molar-refractivity contribution in [3.8, 4) is 0 Å². The molecule has 5 rings (SSSR count). The summed E-state index contributed by atoms with van der Waals surface area (Å²) in [7, 11) is 0. The third-order valence-electron chi connectivity index (χ3n) is 5.86. The lowest BCUT2D eigenvalue weighted by atomic mass is 10.2. The van der Waals surface area contributed by atoms with E-state index < -0.39 is 0 Å². The molecule has 0 unspecified atom stereocenters. The highest BCUT2D eigenvalue weighted by atomic mass is 32.2. The normalized spacial score (nSPS) is 16.8. The Hall–Kier alpha value is -2.60. The zero-order chi connectivity index (χ0) is 20.5. The first kappa shape index (κ1) is 19.4. The van der Waals surface area contributed by atoms with Gasteiger partial charge in [-0.2, -0.15) is 0 Å². The molecule has 0 bridgehead atoms. The fraction of sp³-hybridized carbons (Fsp3) is 0.375. The molecular formula is C24H26N4OS. The number of hydrogen-bond donors (Lipinski definition) is 0. The molecule has 6 heteroatoms. The Labute approximate surface area is 181 Å². The van der Waals surface area contributed by atoms with E-state index in [2.05, 4.69) is 42.2 Å². The van der Waals surface area contributed by atoms with Gasteiger partial charge in [0.1, 0.15) is 10.9 Å². The highest BCUT2D eigenvalue weighted by Gasteiger charge is 2.28. The van der Waals surface area contributed by atoms with Crippen molar-refractivity contribution < 1.29 is 4.79 Å². The zero-order valence-corrected chi connectivity index (χ0v) is 18.1. The third-order valence-corrected chi connectivity index (χ3v) is 6.84. The predicted molar refractivity (Wildman–Crippen MR) is 122 cm³/mol. The molecular weight excluding hydrogens is 392 g/mol. The van der Waals surface area contributed by atoms with Crippen molar-refractivity contribution in [1.29, 1.82) is 0 Å². The molecule has 1 amide bonds. The predicted octanol–water partition coefficient (Wildman–Crippen LogP) is 4.26. The van der Waals surface area contributed by atoms with Gasteiger partial charge in [0, 0.05) is 43.2 Å². The molecule has 2 fully saturated rings. The second kappa shape index (κ2) is 8.26. The smallest absolute Gasteiger partial charge is 0.233 e. The van der Waals surface area contributed by atoms with Gasteiger partial charge in [0.15, 0.2) is 0 Å². The van der Waals surface area contributed by atoms with Crippen LogP contribution in [-0.2, 0) is 4.79 Å². The molecule has 5 nitrogen and oxygen atoms in total. The summed E-state index contributed by atoms with van der Waals surface area (Å²) in [6.07, 6.45) is 2.35. The van der Waals surface area contributed by atoms with E-state index in [-0.39, 0.29) is 5.91 Å². The number of carbonyl (C=O) groups excluding carboxylic acids is 1. The van der Waals surface area contributed by atoms with E-state index in [1.807, 2.05) is 23.1 Å². The Bertz CT molecular complexity index is 1070. The van der Waals surface area contributed by atoms with Gasteiger partial charge in [0.05, 0.1) is 11.3 Å². The van der Waals surface area contributed by atoms with Crippen LogP contribution in [0.4, 0.5) is 5.69 Å². The lowest BCUT2D eigenvalue weighted by Gasteiger charge is -2.36. The van der Waals surface area contributed by atoms with E-state index >= 15 is 0 Å². The number of anilines is 1. The maximum Gasteiger partial charge on any atom is 0.233 e. The first-order valence-electron chi connectivity index (χ1n) is 10.7. The number of piperazine rings is 1. The van der Waals surface area contributed by atoms with Crippen LogP contribution in [0.1, 0.15) is 30.1 Å². The average Bonchev–Trinajstić information content (AvgIpc) is 3.63. The van der Waals surface area contributed by atoms with Crippen molar-refractivity contribution in [2.24, 2.45) is 0 Å². The first-order chi connectivity index (χ1) is 14.7. The van der Waals surface area contributed by atoms with Crippen molar-refractivity contribution in [1.82, 2.24) is 14.9 Å². The maximum atomic E-state index is 12.9. The fourth-order valence-corrected chi connectivity index (χ4v) is 4.89. The van der Waals surface area contributed by atoms with Crippen molar-refractivity contribution in [2.75, 3.05) is 36.8 Å². The molecule has 1 aliphatic heterocycles. The number of aryl methyl sites for hydroxylation is 1. The van der Waals surface area contributed by atoms with Crippen LogP contribution in [0.15, 0.2) is 53.6 Å². The van der Waals surface area contributed by atoms with E-state index in [9.17, 15) is 4.79 Å². The molecule has 1 saturated carbocycles. The molecule has 0 atom stereocenters. The molecule has 1 saturated heterocycles. The highest BCUT2D eigenvalue weighted by molar-refractivity contribution is 8.00. The van der Waals surface area contributed by atoms with E-state index in [0.29, 0.717) is 11.7 Å². The number of para-hydroxylation sites is 1. The van der Waals surface area contributed by atoms with Crippen molar-refractivity contribution in [3.63, 3.8) is 0 Å². The molecule has 2 aliphatic rings. The summed E-state index contributed by atoms with van der Waals surface area (Å²) in [5.74, 6) is 2.06. The summed E-state index contributed by atoms with van der Waals surface area (Å²) in [6, 6.07) is 16.7. The molecule has 0 N–H and O–H groups in total. The van der Waals surface area contributed by atoms with Crippen LogP contribution in [-0.4, -0.2) is 52.7 Å². The van der Waals surface area contributed by atoms with E-state index in [4.69, 9.17) is 9.97 Å². The number of benzene rings is 2. The van der Waals surface area contributed by atoms with E-state index in [0.717, 1.165) is 47.9 Å². The number of hydrogen-bond acceptors (Lipinski definition) is 5. The standard InChI is InChI=1S/C24H26N4OS/c1-17-5-4-6-19(15-17)27-11-13-28(14-12-27)22(29)16-30-24-20-7-2-3-8-21(20)25-23(26-24)18-9-10-18/h2-8,15,18H,9-14,16H2,1H3. The average molecular weight is 419 g/mol. The summed E-state index contributed by atoms with van der Waals surface area (Å²) < 4.78 is 0. The number of carbonyl (C=O) groups is 1. The summed E-state index contributed by atoms with van der Waals surface area (Å²) in [5, 5.41) is 1.98. The Balaban J connectivity index is 1.23. The van der Waals surface area contributed by atoms with E-state index in [1.54, 1.807) is 11.8 Å². The molecule has 30 heavy (non-hydrogen) atoms. The van der Waals surface area contributed by atoms with Crippen LogP contribution in [0.5, 0.6) is 0 Å². The third kappa shape index (κ3) is 4.15. The van der Waals surface area contributed by atoms with Gasteiger partial charge < -0.3 is 9.80 Å². The van der Waals surface area contributed by atoms with Gasteiger partial charge in [-0.15, -0.1) is 0 Å². The van der Waals surface area contributed by atoms with Crippen LogP contribution in [0.3, 0.4) is 0 Å². The fourth-order valence-electron chi connectivity index (χ4n) is 3.96. The van der Waals surface area contributed by atoms with Gasteiger partial charge in [0.2, 0.25) is 5.91 Å². The number of aromatic nitrogens is 2. The van der Waals surface area contributed by atoms with Crippen LogP contribution >= 0.6 is 11.8 Å². The summed E-state index contributed by atoms with van der Waals surface area (Å²) in [5.41, 5.74) is 3.50. The summed E-state index contributed by atoms with van der Waals surface area (Å²) in [6.45, 7) is 5.41. The lowest BCUT2D eigenvalue weighted by Crippen LogP contribution is -2.49. The molecule has 0 spiro atoms. The highest BCUT2D eigenvalue weighted by Crippen LogP contribution is 2.39. The molecule has 2 aromatic carbocycles. The quantitative estimate of drug-likeness (QED) is 0.458. The van der Waals surface area contributed by atoms with Gasteiger partial charge in [-0.25, -0.2) is 9.97 Å². The SMILES string of the molecule is Cc1cccc(N2CCN(C(=O)CSc3nc(C4CC4)nc4ccccc34)CC2)c1. The monoisotopic (exact) mass is 418 g/mol. The minimum atomic E-state index is 0.194. The second-order valence-electron chi connectivity index (χ2n) is 8.17. The number of nitrogens with zero attached hydrogens (tertiary/aromatic N) is 4. The van der Waals surface area contributed by atoms with Crippen LogP contribution in [0.2, 0.25) is 0 Å². The summed E-state index contributed by atoms with van der Waals surface area (Å²) in [4.78, 5) is 26.8. The maximum absolute atomic E-state index is 12.9. The number of amides is 1. The first-order valence-corrected chi connectivity index (χ1v) is 11.6. The number of thioether (sulfide) groups is 1. The van der Waals surface area contributed by atoms with Crippen molar-refractivity contribution in [2.45, 2.75) is 30.7 Å². The van der Waals surface area contributed by atoms with Crippen molar-refractivity contribution >= 4 is 34.3 Å². The van der Waals surface area contributed by atoms with Crippen LogP contribution < -0.4 is 4.90 Å². The Morgan fingerprint density at radius 1 is 1.03 bits per heavy atom. The van der Waals surface area contributed by atoms with Gasteiger partial charge in [-0.3, -0.25) is 4.79 Å². The molecule has 154 valence electrons. The van der Waals surface area contributed by atoms with Gasteiger partial charge in [-0.05, 0) is 43.5 Å². The number of rotatable bonds is 5. The molecule has 1 aromatic heterocycles. The zero-order valence-electron chi connectivity index (χ0n) is 17.3. The largest absolute Gasteiger partial charge is 0.368 e. The van der Waals surface area contributed by atoms with Gasteiger partial charge >= 0.3 is 0 Å². The van der Waals surface area contributed by atoms with Crippen LogP contribution in [0, 0.1) is 6.92 Å². The van der Waals surface area contributed by atoms with Gasteiger partial charge in [0.25, 0.3) is 0 Å². The summed E-state index contributed by atoms with van der Waals surface area (Å²) >= 11 is 1.55. The van der Waals surface area contributed by atoms with Crippen LogP contribution in [0.25, 0.3) is 10.9 Å². The Kier molecular flexibility index (Phi) is 5.34. The molecule has 0 radical (unpaired) electrons. The molecule has 3 aromatic rings. The lowest BCUT2D eigenvalue weighted by molar-refractivity contribution is -0.128. The minimum Gasteiger partial charge on any atom is -0.368 e. The minimum absolute atomic E-state index is 0.194. The van der Waals surface area contributed by atoms with E-state index in [1.165, 1.54) is 24.1 Å². The molecule has 2 heterocycles. The Morgan fingerprint density at radius 2 is 1.83 bits per heavy atom. The molecule has 1 aliphatic carbocycles. The Morgan fingerprint density at radius 3 is 2.60 bits per heavy atom. The van der Waals surface area contributed by atoms with Crippen molar-refractivity contribution in [3.05, 3.63) is 59.9 Å². The topological polar surface area (TPSA) is 49.3 Å².